The highest BCUT2D eigenvalue weighted by Gasteiger charge is 2.57. The van der Waals surface area contributed by atoms with E-state index in [9.17, 15) is 9.59 Å². The van der Waals surface area contributed by atoms with E-state index in [4.69, 9.17) is 4.74 Å². The van der Waals surface area contributed by atoms with Gasteiger partial charge in [-0.3, -0.25) is 9.59 Å². The molecule has 0 spiro atoms. The van der Waals surface area contributed by atoms with Crippen LogP contribution in [0, 0.1) is 5.41 Å². The number of Topliss-reactive ketones (excluding diaryl/α,β-unsaturated/α-hetero) is 1. The molecule has 0 N–H and O–H groups in total. The van der Waals surface area contributed by atoms with Gasteiger partial charge in [0.25, 0.3) is 0 Å². The van der Waals surface area contributed by atoms with Crippen molar-refractivity contribution in [1.82, 2.24) is 0 Å². The summed E-state index contributed by atoms with van der Waals surface area (Å²) < 4.78 is 4.75. The molecule has 0 heterocycles. The van der Waals surface area contributed by atoms with Crippen LogP contribution in [0.4, 0.5) is 0 Å². The van der Waals surface area contributed by atoms with Gasteiger partial charge < -0.3 is 4.74 Å². The summed E-state index contributed by atoms with van der Waals surface area (Å²) in [6.45, 7) is 0. The first-order valence-corrected chi connectivity index (χ1v) is 6.29. The Kier molecular flexibility index (Phi) is 2.63. The number of rotatable bonds is 3. The largest absolute Gasteiger partial charge is 0.468 e. The SMILES string of the molecule is COC(=O)C1(C(=O)c2ccc3ccccc3c2)CC1. The highest BCUT2D eigenvalue weighted by Crippen LogP contribution is 2.49. The average Bonchev–Trinajstić information content (AvgIpc) is 3.26. The van der Waals surface area contributed by atoms with E-state index in [1.165, 1.54) is 7.11 Å². The van der Waals surface area contributed by atoms with Gasteiger partial charge in [-0.15, -0.1) is 0 Å². The van der Waals surface area contributed by atoms with Crippen molar-refractivity contribution in [3.8, 4) is 0 Å². The van der Waals surface area contributed by atoms with Crippen molar-refractivity contribution in [2.45, 2.75) is 12.8 Å². The molecule has 3 nitrogen and oxygen atoms in total. The molecular formula is C16H14O3. The molecule has 19 heavy (non-hydrogen) atoms. The molecule has 0 unspecified atom stereocenters. The van der Waals surface area contributed by atoms with Crippen molar-refractivity contribution in [3.63, 3.8) is 0 Å². The van der Waals surface area contributed by atoms with E-state index in [0.29, 0.717) is 18.4 Å². The second kappa shape index (κ2) is 4.19. The van der Waals surface area contributed by atoms with Crippen LogP contribution >= 0.6 is 0 Å². The average molecular weight is 254 g/mol. The Morgan fingerprint density at radius 1 is 1.05 bits per heavy atom. The number of ketones is 1. The molecule has 3 heteroatoms. The van der Waals surface area contributed by atoms with E-state index in [-0.39, 0.29) is 5.78 Å². The van der Waals surface area contributed by atoms with E-state index in [2.05, 4.69) is 0 Å². The minimum Gasteiger partial charge on any atom is -0.468 e. The van der Waals surface area contributed by atoms with Crippen LogP contribution in [-0.4, -0.2) is 18.9 Å². The number of carbonyl (C=O) groups is 2. The van der Waals surface area contributed by atoms with Crippen molar-refractivity contribution in [1.29, 1.82) is 0 Å². The van der Waals surface area contributed by atoms with Gasteiger partial charge in [0.1, 0.15) is 5.41 Å². The molecule has 2 aromatic rings. The van der Waals surface area contributed by atoms with Crippen molar-refractivity contribution >= 4 is 22.5 Å². The van der Waals surface area contributed by atoms with Gasteiger partial charge in [-0.25, -0.2) is 0 Å². The summed E-state index contributed by atoms with van der Waals surface area (Å²) in [7, 11) is 1.33. The fraction of sp³-hybridized carbons (Fsp3) is 0.250. The van der Waals surface area contributed by atoms with E-state index >= 15 is 0 Å². The van der Waals surface area contributed by atoms with Gasteiger partial charge in [0.15, 0.2) is 5.78 Å². The second-order valence-electron chi connectivity index (χ2n) is 4.96. The number of methoxy groups -OCH3 is 1. The van der Waals surface area contributed by atoms with Gasteiger partial charge in [-0.05, 0) is 29.7 Å². The zero-order valence-electron chi connectivity index (χ0n) is 10.7. The molecule has 0 radical (unpaired) electrons. The highest BCUT2D eigenvalue weighted by molar-refractivity contribution is 6.15. The minimum absolute atomic E-state index is 0.120. The van der Waals surface area contributed by atoms with Gasteiger partial charge in [0, 0.05) is 5.56 Å². The molecular weight excluding hydrogens is 240 g/mol. The Hall–Kier alpha value is -2.16. The van der Waals surface area contributed by atoms with Crippen molar-refractivity contribution in [2.24, 2.45) is 5.41 Å². The number of hydrogen-bond acceptors (Lipinski definition) is 3. The van der Waals surface area contributed by atoms with E-state index < -0.39 is 11.4 Å². The Morgan fingerprint density at radius 3 is 2.37 bits per heavy atom. The first-order valence-electron chi connectivity index (χ1n) is 6.29. The van der Waals surface area contributed by atoms with Crippen molar-refractivity contribution in [3.05, 3.63) is 48.0 Å². The van der Waals surface area contributed by atoms with Crippen LogP contribution in [0.15, 0.2) is 42.5 Å². The molecule has 0 amide bonds. The standard InChI is InChI=1S/C16H14O3/c1-19-15(18)16(8-9-16)14(17)13-7-6-11-4-2-3-5-12(11)10-13/h2-7,10H,8-9H2,1H3. The van der Waals surface area contributed by atoms with E-state index in [0.717, 1.165) is 10.8 Å². The Morgan fingerprint density at radius 2 is 1.74 bits per heavy atom. The zero-order chi connectivity index (χ0) is 13.5. The van der Waals surface area contributed by atoms with Gasteiger partial charge in [-0.2, -0.15) is 0 Å². The Balaban J connectivity index is 2.01. The summed E-state index contributed by atoms with van der Waals surface area (Å²) in [4.78, 5) is 24.2. The number of esters is 1. The third kappa shape index (κ3) is 1.82. The quantitative estimate of drug-likeness (QED) is 0.480. The lowest BCUT2D eigenvalue weighted by atomic mass is 9.93. The molecule has 0 atom stereocenters. The highest BCUT2D eigenvalue weighted by atomic mass is 16.5. The normalized spacial score (nSPS) is 16.1. The summed E-state index contributed by atoms with van der Waals surface area (Å²) in [6, 6.07) is 13.4. The topological polar surface area (TPSA) is 43.4 Å². The Labute approximate surface area is 111 Å². The van der Waals surface area contributed by atoms with Crippen LogP contribution < -0.4 is 0 Å². The predicted molar refractivity (Wildman–Crippen MR) is 72.0 cm³/mol. The summed E-state index contributed by atoms with van der Waals surface area (Å²) >= 11 is 0. The zero-order valence-corrected chi connectivity index (χ0v) is 10.7. The van der Waals surface area contributed by atoms with Crippen molar-refractivity contribution in [2.75, 3.05) is 7.11 Å². The molecule has 0 bridgehead atoms. The summed E-state index contributed by atoms with van der Waals surface area (Å²) in [5.74, 6) is -0.532. The monoisotopic (exact) mass is 254 g/mol. The number of hydrogen-bond donors (Lipinski definition) is 0. The van der Waals surface area contributed by atoms with Gasteiger partial charge >= 0.3 is 5.97 Å². The number of benzene rings is 2. The maximum absolute atomic E-state index is 12.5. The van der Waals surface area contributed by atoms with Gasteiger partial charge in [-0.1, -0.05) is 36.4 Å². The number of carbonyl (C=O) groups excluding carboxylic acids is 2. The van der Waals surface area contributed by atoms with Crippen LogP contribution in [-0.2, 0) is 9.53 Å². The van der Waals surface area contributed by atoms with Crippen LogP contribution in [0.2, 0.25) is 0 Å². The van der Waals surface area contributed by atoms with Crippen molar-refractivity contribution < 1.29 is 14.3 Å². The molecule has 0 saturated heterocycles. The predicted octanol–water partition coefficient (Wildman–Crippen LogP) is 2.98. The maximum atomic E-state index is 12.5. The fourth-order valence-corrected chi connectivity index (χ4v) is 2.45. The summed E-state index contributed by atoms with van der Waals surface area (Å²) in [5.41, 5.74) is -0.335. The fourth-order valence-electron chi connectivity index (χ4n) is 2.45. The Bertz CT molecular complexity index is 669. The number of fused-ring (bicyclic) bond motifs is 1. The molecule has 2 aromatic carbocycles. The molecule has 0 aromatic heterocycles. The van der Waals surface area contributed by atoms with Gasteiger partial charge in [0.05, 0.1) is 7.11 Å². The van der Waals surface area contributed by atoms with Crippen LogP contribution in [0.1, 0.15) is 23.2 Å². The van der Waals surface area contributed by atoms with E-state index in [1.54, 1.807) is 6.07 Å². The lowest BCUT2D eigenvalue weighted by molar-refractivity contribution is -0.145. The van der Waals surface area contributed by atoms with E-state index in [1.807, 2.05) is 36.4 Å². The molecule has 3 rings (SSSR count). The van der Waals surface area contributed by atoms with Gasteiger partial charge in [0.2, 0.25) is 0 Å². The van der Waals surface area contributed by atoms with Crippen LogP contribution in [0.25, 0.3) is 10.8 Å². The summed E-state index contributed by atoms with van der Waals surface area (Å²) in [5, 5.41) is 2.09. The second-order valence-corrected chi connectivity index (χ2v) is 4.96. The maximum Gasteiger partial charge on any atom is 0.319 e. The number of ether oxygens (including phenoxy) is 1. The molecule has 0 aliphatic heterocycles. The molecule has 1 aliphatic rings. The minimum atomic E-state index is -0.919. The third-order valence-electron chi connectivity index (χ3n) is 3.77. The molecule has 1 aliphatic carbocycles. The molecule has 1 saturated carbocycles. The van der Waals surface area contributed by atoms with Crippen LogP contribution in [0.5, 0.6) is 0 Å². The third-order valence-corrected chi connectivity index (χ3v) is 3.77. The van der Waals surface area contributed by atoms with Crippen LogP contribution in [0.3, 0.4) is 0 Å². The molecule has 96 valence electrons. The lowest BCUT2D eigenvalue weighted by Gasteiger charge is -2.11. The molecule has 1 fully saturated rings. The first kappa shape index (κ1) is 11.9. The smallest absolute Gasteiger partial charge is 0.319 e. The lowest BCUT2D eigenvalue weighted by Crippen LogP contribution is -2.27. The first-order chi connectivity index (χ1) is 9.17. The summed E-state index contributed by atoms with van der Waals surface area (Å²) in [6.07, 6.45) is 1.18.